The van der Waals surface area contributed by atoms with Crippen molar-refractivity contribution in [2.75, 3.05) is 13.7 Å². The Balaban J connectivity index is 2.83. The number of unbranched alkanes of at least 4 members (excludes halogenated alkanes) is 1. The molecule has 8 heavy (non-hydrogen) atoms. The molecule has 0 aromatic heterocycles. The Bertz CT molecular complexity index is 49.4. The Morgan fingerprint density at radius 1 is 1.50 bits per heavy atom. The van der Waals surface area contributed by atoms with Gasteiger partial charge in [0.25, 0.3) is 0 Å². The molecule has 0 aliphatic rings. The van der Waals surface area contributed by atoms with Crippen molar-refractivity contribution >= 4 is 0 Å². The molecule has 0 aromatic carbocycles. The number of hydrogen-bond donors (Lipinski definition) is 0. The normalized spacial score (nSPS) is 10.8. The second-order valence-corrected chi connectivity index (χ2v) is 1.57. The molecule has 1 radical (unpaired) electrons. The maximum Gasteiger partial charge on any atom is 0.0643 e. The van der Waals surface area contributed by atoms with E-state index in [0.29, 0.717) is 0 Å². The largest absolute Gasteiger partial charge is 0.381 e. The molecule has 0 spiro atoms. The van der Waals surface area contributed by atoms with E-state index in [-0.39, 0.29) is 0 Å². The first kappa shape index (κ1) is 7.70. The minimum Gasteiger partial charge on any atom is -0.381 e. The van der Waals surface area contributed by atoms with Crippen molar-refractivity contribution in [1.82, 2.24) is 0 Å². The molecule has 0 atom stereocenters. The number of ether oxygens (including phenoxy) is 1. The standard InChI is InChI=1S/C7H13O/c1-3-4-5-6-7-8-2/h5-6H,1,3-4,7H2,2H3. The van der Waals surface area contributed by atoms with Crippen molar-refractivity contribution in [2.45, 2.75) is 12.8 Å². The highest BCUT2D eigenvalue weighted by Crippen LogP contribution is 1.86. The monoisotopic (exact) mass is 113 g/mol. The highest BCUT2D eigenvalue weighted by atomic mass is 16.5. The van der Waals surface area contributed by atoms with Gasteiger partial charge in [0.15, 0.2) is 0 Å². The van der Waals surface area contributed by atoms with Crippen molar-refractivity contribution in [1.29, 1.82) is 0 Å². The quantitative estimate of drug-likeness (QED) is 0.505. The van der Waals surface area contributed by atoms with Crippen molar-refractivity contribution < 1.29 is 4.74 Å². The first-order chi connectivity index (χ1) is 3.91. The highest BCUT2D eigenvalue weighted by Gasteiger charge is 1.71. The molecule has 0 saturated heterocycles. The predicted octanol–water partition coefficient (Wildman–Crippen LogP) is 1.80. The first-order valence-electron chi connectivity index (χ1n) is 2.85. The average Bonchev–Trinajstić information content (AvgIpc) is 1.81. The highest BCUT2D eigenvalue weighted by molar-refractivity contribution is 4.81. The third-order valence-corrected chi connectivity index (χ3v) is 0.800. The van der Waals surface area contributed by atoms with E-state index >= 15 is 0 Å². The summed E-state index contributed by atoms with van der Waals surface area (Å²) in [6.45, 7) is 4.41. The lowest BCUT2D eigenvalue weighted by Crippen LogP contribution is -1.79. The zero-order valence-corrected chi connectivity index (χ0v) is 5.39. The van der Waals surface area contributed by atoms with E-state index in [9.17, 15) is 0 Å². The lowest BCUT2D eigenvalue weighted by atomic mass is 10.3. The fourth-order valence-electron chi connectivity index (χ4n) is 0.400. The van der Waals surface area contributed by atoms with Gasteiger partial charge in [-0.1, -0.05) is 19.1 Å². The van der Waals surface area contributed by atoms with E-state index in [4.69, 9.17) is 4.74 Å². The molecule has 0 fully saturated rings. The number of methoxy groups -OCH3 is 1. The molecule has 0 N–H and O–H groups in total. The fourth-order valence-corrected chi connectivity index (χ4v) is 0.400. The van der Waals surface area contributed by atoms with E-state index in [1.54, 1.807) is 7.11 Å². The van der Waals surface area contributed by atoms with Crippen LogP contribution >= 0.6 is 0 Å². The third-order valence-electron chi connectivity index (χ3n) is 0.800. The minimum absolute atomic E-state index is 0.722. The van der Waals surface area contributed by atoms with E-state index < -0.39 is 0 Å². The summed E-state index contributed by atoms with van der Waals surface area (Å²) < 4.78 is 4.78. The van der Waals surface area contributed by atoms with E-state index in [1.807, 2.05) is 6.08 Å². The number of rotatable bonds is 4. The predicted molar refractivity (Wildman–Crippen MR) is 35.6 cm³/mol. The van der Waals surface area contributed by atoms with Gasteiger partial charge in [0, 0.05) is 7.11 Å². The summed E-state index contributed by atoms with van der Waals surface area (Å²) in [6.07, 6.45) is 6.12. The Labute approximate surface area is 51.4 Å². The van der Waals surface area contributed by atoms with Gasteiger partial charge in [-0.05, 0) is 12.8 Å². The van der Waals surface area contributed by atoms with Crippen LogP contribution in [0.2, 0.25) is 0 Å². The molecule has 0 saturated carbocycles. The van der Waals surface area contributed by atoms with Crippen molar-refractivity contribution in [3.8, 4) is 0 Å². The van der Waals surface area contributed by atoms with Gasteiger partial charge >= 0.3 is 0 Å². The summed E-state index contributed by atoms with van der Waals surface area (Å²) >= 11 is 0. The Morgan fingerprint density at radius 3 is 2.75 bits per heavy atom. The minimum atomic E-state index is 0.722. The van der Waals surface area contributed by atoms with Crippen LogP contribution in [-0.4, -0.2) is 13.7 Å². The maximum absolute atomic E-state index is 4.78. The lowest BCUT2D eigenvalue weighted by Gasteiger charge is -1.85. The smallest absolute Gasteiger partial charge is 0.0643 e. The molecule has 0 aromatic rings. The second kappa shape index (κ2) is 6.70. The molecule has 0 unspecified atom stereocenters. The van der Waals surface area contributed by atoms with Crippen molar-refractivity contribution in [3.05, 3.63) is 19.1 Å². The van der Waals surface area contributed by atoms with Gasteiger partial charge in [-0.2, -0.15) is 0 Å². The van der Waals surface area contributed by atoms with Gasteiger partial charge in [0.2, 0.25) is 0 Å². The third kappa shape index (κ3) is 5.70. The summed E-state index contributed by atoms with van der Waals surface area (Å²) in [5.74, 6) is 0. The SMILES string of the molecule is [CH2]CCC=CCOC. The molecule has 1 nitrogen and oxygen atoms in total. The van der Waals surface area contributed by atoms with Crippen LogP contribution in [0.4, 0.5) is 0 Å². The topological polar surface area (TPSA) is 9.23 Å². The van der Waals surface area contributed by atoms with Crippen LogP contribution < -0.4 is 0 Å². The van der Waals surface area contributed by atoms with E-state index in [2.05, 4.69) is 13.0 Å². The molecule has 47 valence electrons. The molecular formula is C7H13O. The molecule has 0 heterocycles. The average molecular weight is 113 g/mol. The van der Waals surface area contributed by atoms with E-state index in [0.717, 1.165) is 19.4 Å². The Morgan fingerprint density at radius 2 is 2.25 bits per heavy atom. The van der Waals surface area contributed by atoms with Gasteiger partial charge < -0.3 is 4.74 Å². The molecule has 0 bridgehead atoms. The molecule has 0 amide bonds. The summed E-state index contributed by atoms with van der Waals surface area (Å²) in [4.78, 5) is 0. The summed E-state index contributed by atoms with van der Waals surface area (Å²) in [7, 11) is 1.69. The summed E-state index contributed by atoms with van der Waals surface area (Å²) in [5, 5.41) is 0. The van der Waals surface area contributed by atoms with Gasteiger partial charge in [-0.25, -0.2) is 0 Å². The number of hydrogen-bond acceptors (Lipinski definition) is 1. The molecule has 0 aliphatic carbocycles. The van der Waals surface area contributed by atoms with Crippen LogP contribution in [0.5, 0.6) is 0 Å². The maximum atomic E-state index is 4.78. The van der Waals surface area contributed by atoms with Gasteiger partial charge in [0.1, 0.15) is 0 Å². The van der Waals surface area contributed by atoms with Crippen molar-refractivity contribution in [3.63, 3.8) is 0 Å². The van der Waals surface area contributed by atoms with Crippen LogP contribution in [0.15, 0.2) is 12.2 Å². The lowest BCUT2D eigenvalue weighted by molar-refractivity contribution is 0.233. The Kier molecular flexibility index (Phi) is 6.45. The van der Waals surface area contributed by atoms with Gasteiger partial charge in [0.05, 0.1) is 6.61 Å². The molecule has 0 aliphatic heterocycles. The van der Waals surface area contributed by atoms with Crippen LogP contribution in [0.3, 0.4) is 0 Å². The van der Waals surface area contributed by atoms with Crippen LogP contribution in [0.25, 0.3) is 0 Å². The Hall–Kier alpha value is -0.300. The molecular weight excluding hydrogens is 100 g/mol. The first-order valence-corrected chi connectivity index (χ1v) is 2.85. The van der Waals surface area contributed by atoms with Crippen LogP contribution in [0, 0.1) is 6.92 Å². The van der Waals surface area contributed by atoms with Gasteiger partial charge in [-0.3, -0.25) is 0 Å². The zero-order valence-electron chi connectivity index (χ0n) is 5.39. The zero-order chi connectivity index (χ0) is 6.24. The fraction of sp³-hybridized carbons (Fsp3) is 0.571. The van der Waals surface area contributed by atoms with Gasteiger partial charge in [-0.15, -0.1) is 0 Å². The van der Waals surface area contributed by atoms with Crippen LogP contribution in [-0.2, 0) is 4.74 Å². The van der Waals surface area contributed by atoms with Crippen LogP contribution in [0.1, 0.15) is 12.8 Å². The summed E-state index contributed by atoms with van der Waals surface area (Å²) in [5.41, 5.74) is 0. The molecule has 0 rings (SSSR count). The molecule has 1 heteroatoms. The summed E-state index contributed by atoms with van der Waals surface area (Å²) in [6, 6.07) is 0. The van der Waals surface area contributed by atoms with Crippen molar-refractivity contribution in [2.24, 2.45) is 0 Å². The number of allylic oxidation sites excluding steroid dienone is 1. The second-order valence-electron chi connectivity index (χ2n) is 1.57. The van der Waals surface area contributed by atoms with E-state index in [1.165, 1.54) is 0 Å².